The van der Waals surface area contributed by atoms with Gasteiger partial charge in [-0.3, -0.25) is 0 Å². The first-order valence-corrected chi connectivity index (χ1v) is 10.3. The molecule has 4 heteroatoms. The van der Waals surface area contributed by atoms with E-state index in [0.29, 0.717) is 12.4 Å². The van der Waals surface area contributed by atoms with Gasteiger partial charge in [0.15, 0.2) is 0 Å². The van der Waals surface area contributed by atoms with Crippen LogP contribution in [0, 0.1) is 13.8 Å². The van der Waals surface area contributed by atoms with Gasteiger partial charge in [0.25, 0.3) is 0 Å². The van der Waals surface area contributed by atoms with Crippen molar-refractivity contribution >= 4 is 16.6 Å². The van der Waals surface area contributed by atoms with E-state index in [1.165, 1.54) is 39.6 Å². The van der Waals surface area contributed by atoms with E-state index in [2.05, 4.69) is 44.0 Å². The van der Waals surface area contributed by atoms with Crippen LogP contribution in [0.15, 0.2) is 47.9 Å². The molecule has 0 unspecified atom stereocenters. The normalized spacial score (nSPS) is 22.4. The summed E-state index contributed by atoms with van der Waals surface area (Å²) in [6, 6.07) is 2.24. The maximum absolute atomic E-state index is 10.6. The number of aromatic nitrogens is 1. The summed E-state index contributed by atoms with van der Waals surface area (Å²) < 4.78 is 5.58. The maximum Gasteiger partial charge on any atom is 0.136 e. The molecule has 4 nitrogen and oxygen atoms in total. The van der Waals surface area contributed by atoms with Gasteiger partial charge >= 0.3 is 0 Å². The van der Waals surface area contributed by atoms with Crippen molar-refractivity contribution < 1.29 is 9.84 Å². The van der Waals surface area contributed by atoms with E-state index in [1.807, 2.05) is 0 Å². The van der Waals surface area contributed by atoms with Gasteiger partial charge in [-0.15, -0.1) is 0 Å². The van der Waals surface area contributed by atoms with Crippen LogP contribution < -0.4 is 0 Å². The number of fused-ring (bicyclic) bond motifs is 4. The van der Waals surface area contributed by atoms with Gasteiger partial charge in [-0.2, -0.15) is 0 Å². The number of hydrogen-bond donors (Lipinski definition) is 1. The van der Waals surface area contributed by atoms with E-state index in [1.54, 1.807) is 0 Å². The number of benzene rings is 1. The van der Waals surface area contributed by atoms with Gasteiger partial charge in [0.2, 0.25) is 0 Å². The Bertz CT molecular complexity index is 1230. The second kappa shape index (κ2) is 5.61. The van der Waals surface area contributed by atoms with Crippen molar-refractivity contribution in [3.63, 3.8) is 0 Å². The molecule has 0 bridgehead atoms. The number of pyridine rings is 1. The summed E-state index contributed by atoms with van der Waals surface area (Å²) in [7, 11) is 0. The maximum atomic E-state index is 10.6. The minimum absolute atomic E-state index is 0.400. The molecule has 1 aliphatic carbocycles. The van der Waals surface area contributed by atoms with E-state index in [4.69, 9.17) is 9.72 Å². The fourth-order valence-corrected chi connectivity index (χ4v) is 5.43. The van der Waals surface area contributed by atoms with Gasteiger partial charge in [0.05, 0.1) is 23.5 Å². The topological polar surface area (TPSA) is 45.6 Å². The van der Waals surface area contributed by atoms with Crippen molar-refractivity contribution in [2.24, 2.45) is 0 Å². The lowest BCUT2D eigenvalue weighted by atomic mass is 9.83. The molecule has 146 valence electrons. The van der Waals surface area contributed by atoms with Crippen molar-refractivity contribution in [3.8, 4) is 0 Å². The summed E-state index contributed by atoms with van der Waals surface area (Å²) in [5.74, 6) is 0.400. The van der Waals surface area contributed by atoms with Crippen LogP contribution in [-0.4, -0.2) is 27.7 Å². The fraction of sp³-hybridized carbons (Fsp3) is 0.320. The molecule has 0 amide bonds. The molecule has 1 aromatic heterocycles. The number of aliphatic hydroxyl groups is 1. The van der Waals surface area contributed by atoms with Crippen LogP contribution in [0.1, 0.15) is 39.9 Å². The molecule has 6 rings (SSSR count). The quantitative estimate of drug-likeness (QED) is 0.739. The van der Waals surface area contributed by atoms with Crippen LogP contribution >= 0.6 is 0 Å². The van der Waals surface area contributed by atoms with Gasteiger partial charge in [0, 0.05) is 22.2 Å². The zero-order valence-electron chi connectivity index (χ0n) is 16.9. The molecule has 1 atom stereocenters. The number of nitrogens with zero attached hydrogens (tertiary/aromatic N) is 2. The van der Waals surface area contributed by atoms with Crippen LogP contribution in [0.25, 0.3) is 16.6 Å². The smallest absolute Gasteiger partial charge is 0.136 e. The lowest BCUT2D eigenvalue weighted by Gasteiger charge is -2.35. The summed E-state index contributed by atoms with van der Waals surface area (Å²) in [4.78, 5) is 7.39. The molecule has 0 saturated heterocycles. The molecule has 3 aliphatic heterocycles. The molecule has 1 aromatic carbocycles. The third kappa shape index (κ3) is 2.10. The van der Waals surface area contributed by atoms with Crippen LogP contribution in [0.4, 0.5) is 0 Å². The average molecular weight is 384 g/mol. The molecular formula is C25H24N2O2. The highest BCUT2D eigenvalue weighted by Crippen LogP contribution is 2.47. The number of rotatable bonds is 0. The summed E-state index contributed by atoms with van der Waals surface area (Å²) in [5.41, 5.74) is 12.9. The second-order valence-corrected chi connectivity index (χ2v) is 8.62. The third-order valence-corrected chi connectivity index (χ3v) is 7.16. The van der Waals surface area contributed by atoms with Crippen molar-refractivity contribution in [1.29, 1.82) is 0 Å². The highest BCUT2D eigenvalue weighted by atomic mass is 16.5. The number of aryl methyl sites for hydroxylation is 3. The van der Waals surface area contributed by atoms with Crippen molar-refractivity contribution in [1.82, 2.24) is 9.88 Å². The van der Waals surface area contributed by atoms with Gasteiger partial charge in [0.1, 0.15) is 18.5 Å². The highest BCUT2D eigenvalue weighted by molar-refractivity contribution is 5.93. The Balaban J connectivity index is 1.62. The summed E-state index contributed by atoms with van der Waals surface area (Å²) >= 11 is 0. The van der Waals surface area contributed by atoms with Gasteiger partial charge < -0.3 is 14.7 Å². The minimum atomic E-state index is -0.815. The summed E-state index contributed by atoms with van der Waals surface area (Å²) in [6.07, 6.45) is 4.68. The van der Waals surface area contributed by atoms with Gasteiger partial charge in [-0.1, -0.05) is 13.2 Å². The lowest BCUT2D eigenvalue weighted by molar-refractivity contribution is 0.118. The van der Waals surface area contributed by atoms with Crippen LogP contribution in [0.5, 0.6) is 0 Å². The number of hydrogen-bond acceptors (Lipinski definition) is 4. The molecule has 4 aliphatic rings. The van der Waals surface area contributed by atoms with E-state index >= 15 is 0 Å². The molecule has 1 N–H and O–H groups in total. The molecule has 29 heavy (non-hydrogen) atoms. The molecule has 4 heterocycles. The van der Waals surface area contributed by atoms with Crippen molar-refractivity contribution in [2.45, 2.75) is 45.8 Å². The highest BCUT2D eigenvalue weighted by Gasteiger charge is 2.39. The molecule has 0 fully saturated rings. The van der Waals surface area contributed by atoms with Crippen LogP contribution in [0.2, 0.25) is 0 Å². The number of aliphatic hydroxyl groups excluding tert-OH is 1. The first-order valence-electron chi connectivity index (χ1n) is 10.3. The van der Waals surface area contributed by atoms with Crippen LogP contribution in [0.3, 0.4) is 0 Å². The second-order valence-electron chi connectivity index (χ2n) is 8.62. The van der Waals surface area contributed by atoms with E-state index < -0.39 is 6.10 Å². The fourth-order valence-electron chi connectivity index (χ4n) is 5.43. The Morgan fingerprint density at radius 3 is 2.79 bits per heavy atom. The average Bonchev–Trinajstić information content (AvgIpc) is 3.08. The molecule has 0 radical (unpaired) electrons. The molecule has 0 saturated carbocycles. The molecule has 2 aromatic rings. The molecule has 0 spiro atoms. The Morgan fingerprint density at radius 2 is 1.97 bits per heavy atom. The summed E-state index contributed by atoms with van der Waals surface area (Å²) in [5, 5.41) is 12.0. The zero-order valence-corrected chi connectivity index (χ0v) is 16.9. The van der Waals surface area contributed by atoms with E-state index in [0.717, 1.165) is 53.1 Å². The molecular weight excluding hydrogens is 360 g/mol. The largest absolute Gasteiger partial charge is 0.491 e. The predicted octanol–water partition coefficient (Wildman–Crippen LogP) is 4.23. The standard InChI is InChI=1S/C25H24N2O2/c1-12-8-21-23-16(13(12)2)6-5-7-17(23)19-10-27-14(3)20-11-29-15(4)25(28)18(20)9-22(27)24(19)26-21/h8-9,25,28H,3-7,10-11H2,1-2H3/t25-/m1/s1. The van der Waals surface area contributed by atoms with Crippen LogP contribution in [-0.2, 0) is 24.1 Å². The Hall–Kier alpha value is -2.85. The zero-order chi connectivity index (χ0) is 20.0. The van der Waals surface area contributed by atoms with E-state index in [-0.39, 0.29) is 0 Å². The Morgan fingerprint density at radius 1 is 1.17 bits per heavy atom. The lowest BCUT2D eigenvalue weighted by Crippen LogP contribution is -2.31. The first-order chi connectivity index (χ1) is 14.0. The number of ether oxygens (including phenoxy) is 1. The first kappa shape index (κ1) is 17.0. The SMILES string of the molecule is C=C1OCC2=C(C=C3c4nc5cc(C)c(C)c6c5c(c4CN3C2=C)CCC6)[C@@H]1O. The van der Waals surface area contributed by atoms with Gasteiger partial charge in [-0.25, -0.2) is 4.98 Å². The van der Waals surface area contributed by atoms with Crippen molar-refractivity contribution in [3.05, 3.63) is 81.4 Å². The third-order valence-electron chi connectivity index (χ3n) is 7.16. The van der Waals surface area contributed by atoms with Gasteiger partial charge in [-0.05, 0) is 73.1 Å². The predicted molar refractivity (Wildman–Crippen MR) is 114 cm³/mol. The van der Waals surface area contributed by atoms with Crippen molar-refractivity contribution in [2.75, 3.05) is 6.61 Å². The van der Waals surface area contributed by atoms with E-state index in [9.17, 15) is 5.11 Å². The summed E-state index contributed by atoms with van der Waals surface area (Å²) in [6.45, 7) is 13.8. The minimum Gasteiger partial charge on any atom is -0.491 e. The Kier molecular flexibility index (Phi) is 3.30. The monoisotopic (exact) mass is 384 g/mol. The Labute approximate surface area is 170 Å².